The van der Waals surface area contributed by atoms with E-state index in [1.807, 2.05) is 0 Å². The maximum atomic E-state index is 11.7. The topological polar surface area (TPSA) is 154 Å². The lowest BCUT2D eigenvalue weighted by Gasteiger charge is -2.15. The van der Waals surface area contributed by atoms with E-state index >= 15 is 0 Å². The number of rotatable bonds is 4. The number of aliphatic hydroxyl groups is 1. The molecule has 1 fully saturated rings. The molecule has 10 nitrogen and oxygen atoms in total. The van der Waals surface area contributed by atoms with Gasteiger partial charge in [0.2, 0.25) is 0 Å². The van der Waals surface area contributed by atoms with E-state index in [2.05, 4.69) is 9.51 Å². The van der Waals surface area contributed by atoms with Crippen LogP contribution < -0.4 is 11.2 Å². The summed E-state index contributed by atoms with van der Waals surface area (Å²) in [4.78, 5) is 51.3. The van der Waals surface area contributed by atoms with Crippen molar-refractivity contribution in [2.24, 2.45) is 0 Å². The number of aromatic nitrogens is 2. The van der Waals surface area contributed by atoms with Crippen LogP contribution in [0.5, 0.6) is 0 Å². The fraction of sp³-hybridized carbons (Fsp3) is 0.600. The molecule has 0 aliphatic carbocycles. The minimum Gasteiger partial charge on any atom is -0.390 e. The molecular formula is C10H16N2O8P+. The smallest absolute Gasteiger partial charge is 0.390 e. The van der Waals surface area contributed by atoms with Gasteiger partial charge in [0.05, 0.1) is 6.10 Å². The summed E-state index contributed by atoms with van der Waals surface area (Å²) in [6.45, 7) is 1.06. The van der Waals surface area contributed by atoms with E-state index in [9.17, 15) is 14.7 Å². The third-order valence-corrected chi connectivity index (χ3v) is 3.57. The van der Waals surface area contributed by atoms with Crippen molar-refractivity contribution in [3.8, 4) is 0 Å². The molecule has 1 unspecified atom stereocenters. The van der Waals surface area contributed by atoms with Gasteiger partial charge in [-0.1, -0.05) is 0 Å². The fourth-order valence-electron chi connectivity index (χ4n) is 2.01. The van der Waals surface area contributed by atoms with E-state index in [0.717, 1.165) is 4.57 Å². The normalized spacial score (nSPS) is 26.2. The first-order valence-electron chi connectivity index (χ1n) is 6.05. The van der Waals surface area contributed by atoms with Gasteiger partial charge in [-0.2, -0.15) is 19.2 Å². The van der Waals surface area contributed by atoms with E-state index in [1.165, 1.54) is 13.1 Å². The van der Waals surface area contributed by atoms with Gasteiger partial charge < -0.3 is 9.84 Å². The van der Waals surface area contributed by atoms with E-state index in [1.54, 1.807) is 0 Å². The highest BCUT2D eigenvalue weighted by Gasteiger charge is 2.41. The second-order valence-corrected chi connectivity index (χ2v) is 6.00. The molecule has 1 aliphatic heterocycles. The number of nitrogens with zero attached hydrogens (tertiary/aromatic N) is 1. The number of aromatic amines is 1. The first-order valence-corrected chi connectivity index (χ1v) is 7.61. The van der Waals surface area contributed by atoms with Gasteiger partial charge >= 0.3 is 13.9 Å². The molecule has 0 aromatic carbocycles. The Balaban J connectivity index is 2.12. The van der Waals surface area contributed by atoms with Gasteiger partial charge in [0, 0.05) is 18.2 Å². The Kier molecular flexibility index (Phi) is 4.59. The van der Waals surface area contributed by atoms with Gasteiger partial charge in [-0.25, -0.2) is 4.79 Å². The van der Waals surface area contributed by atoms with Gasteiger partial charge in [-0.15, -0.1) is 0 Å². The quantitative estimate of drug-likeness (QED) is 0.405. The second-order valence-electron chi connectivity index (χ2n) is 4.72. The summed E-state index contributed by atoms with van der Waals surface area (Å²) in [6.07, 6.45) is -1.45. The van der Waals surface area contributed by atoms with Gasteiger partial charge in [0.1, 0.15) is 18.9 Å². The van der Waals surface area contributed by atoms with E-state index < -0.39 is 44.5 Å². The molecule has 1 saturated heterocycles. The van der Waals surface area contributed by atoms with Gasteiger partial charge in [-0.3, -0.25) is 14.3 Å². The van der Waals surface area contributed by atoms with Crippen LogP contribution in [0.2, 0.25) is 0 Å². The van der Waals surface area contributed by atoms with Crippen molar-refractivity contribution in [3.05, 3.63) is 32.6 Å². The number of aryl methyl sites for hydroxylation is 1. The van der Waals surface area contributed by atoms with Crippen LogP contribution in [-0.2, 0) is 9.26 Å². The molecule has 1 aliphatic rings. The molecule has 5 N–H and O–H groups in total. The average Bonchev–Trinajstić information content (AvgIpc) is 2.72. The molecule has 2 heterocycles. The molecule has 0 bridgehead atoms. The molecular weight excluding hydrogens is 307 g/mol. The maximum Gasteiger partial charge on any atom is 0.567 e. The van der Waals surface area contributed by atoms with Gasteiger partial charge in [-0.05, 0) is 6.92 Å². The Morgan fingerprint density at radius 3 is 2.76 bits per heavy atom. The molecule has 0 saturated carbocycles. The minimum absolute atomic E-state index is 0.0488. The van der Waals surface area contributed by atoms with Gasteiger partial charge in [0.25, 0.3) is 5.56 Å². The standard InChI is InChI=1S/C10H15N2O8P/c1-5-3-12(10(15)11-9(5)14)8-2-6(13)7(20-8)4-19-21(16,17)18/h3,6-8,13,16-18H,2,4H2,1H3/p+1/t6?,7-,8-/m0/s1. The van der Waals surface area contributed by atoms with Crippen molar-refractivity contribution >= 4 is 8.17 Å². The third-order valence-electron chi connectivity index (χ3n) is 3.07. The van der Waals surface area contributed by atoms with Crippen molar-refractivity contribution < 1.29 is 29.0 Å². The van der Waals surface area contributed by atoms with Crippen LogP contribution in [0.3, 0.4) is 0 Å². The summed E-state index contributed by atoms with van der Waals surface area (Å²) < 4.78 is 10.9. The van der Waals surface area contributed by atoms with Crippen molar-refractivity contribution in [1.82, 2.24) is 9.55 Å². The summed E-state index contributed by atoms with van der Waals surface area (Å²) in [5.41, 5.74) is -0.888. The summed E-state index contributed by atoms with van der Waals surface area (Å²) >= 11 is 0. The Hall–Kier alpha value is -1.13. The monoisotopic (exact) mass is 323 g/mol. The molecule has 21 heavy (non-hydrogen) atoms. The van der Waals surface area contributed by atoms with Crippen LogP contribution in [0.1, 0.15) is 18.2 Å². The molecule has 0 amide bonds. The summed E-state index contributed by atoms with van der Waals surface area (Å²) in [6, 6.07) is 0. The zero-order valence-electron chi connectivity index (χ0n) is 11.0. The number of H-pyrrole nitrogens is 1. The van der Waals surface area contributed by atoms with Crippen LogP contribution in [0.25, 0.3) is 0 Å². The van der Waals surface area contributed by atoms with E-state index in [0.29, 0.717) is 5.56 Å². The Morgan fingerprint density at radius 1 is 1.48 bits per heavy atom. The molecule has 0 spiro atoms. The molecule has 3 atom stereocenters. The van der Waals surface area contributed by atoms with Crippen LogP contribution in [0.15, 0.2) is 15.8 Å². The Bertz CT molecular complexity index is 621. The molecule has 0 radical (unpaired) electrons. The lowest BCUT2D eigenvalue weighted by atomic mass is 10.2. The van der Waals surface area contributed by atoms with Crippen molar-refractivity contribution in [1.29, 1.82) is 0 Å². The lowest BCUT2D eigenvalue weighted by molar-refractivity contribution is -0.0477. The van der Waals surface area contributed by atoms with E-state index in [4.69, 9.17) is 19.4 Å². The van der Waals surface area contributed by atoms with Crippen molar-refractivity contribution in [2.75, 3.05) is 6.61 Å². The minimum atomic E-state index is -4.42. The highest BCUT2D eigenvalue weighted by atomic mass is 31.2. The number of ether oxygens (including phenoxy) is 1. The highest BCUT2D eigenvalue weighted by molar-refractivity contribution is 7.53. The molecule has 11 heteroatoms. The third kappa shape index (κ3) is 3.95. The van der Waals surface area contributed by atoms with Crippen LogP contribution >= 0.6 is 8.17 Å². The number of nitrogens with one attached hydrogen (secondary N) is 1. The number of hydrogen-bond acceptors (Lipinski definition) is 8. The maximum absolute atomic E-state index is 11.7. The largest absolute Gasteiger partial charge is 0.567 e. The predicted octanol–water partition coefficient (Wildman–Crippen LogP) is -1.84. The summed E-state index contributed by atoms with van der Waals surface area (Å²) in [5, 5.41) is 9.81. The van der Waals surface area contributed by atoms with Crippen molar-refractivity contribution in [2.45, 2.75) is 31.8 Å². The summed E-state index contributed by atoms with van der Waals surface area (Å²) in [7, 11) is -4.42. The second kappa shape index (κ2) is 5.93. The SMILES string of the molecule is Cc1cn([C@@H]2CC(O)[C@H](CO[P+](O)(O)O)O2)c(=O)[nH]c1=O. The lowest BCUT2D eigenvalue weighted by Crippen LogP contribution is -2.33. The van der Waals surface area contributed by atoms with Crippen LogP contribution in [0.4, 0.5) is 0 Å². The average molecular weight is 323 g/mol. The number of hydrogen-bond donors (Lipinski definition) is 5. The zero-order valence-corrected chi connectivity index (χ0v) is 11.9. The highest BCUT2D eigenvalue weighted by Crippen LogP contribution is 2.46. The summed E-state index contributed by atoms with van der Waals surface area (Å²) in [5.74, 6) is 0. The Morgan fingerprint density at radius 2 is 2.14 bits per heavy atom. The predicted molar refractivity (Wildman–Crippen MR) is 70.1 cm³/mol. The molecule has 118 valence electrons. The first-order chi connectivity index (χ1) is 9.67. The Labute approximate surface area is 118 Å². The number of aliphatic hydroxyl groups excluding tert-OH is 1. The molecule has 1 aromatic heterocycles. The van der Waals surface area contributed by atoms with Gasteiger partial charge in [0.15, 0.2) is 0 Å². The van der Waals surface area contributed by atoms with Crippen molar-refractivity contribution in [3.63, 3.8) is 0 Å². The molecule has 2 rings (SSSR count). The first kappa shape index (κ1) is 16.2. The molecule has 1 aromatic rings. The van der Waals surface area contributed by atoms with Crippen LogP contribution in [0, 0.1) is 6.92 Å². The van der Waals surface area contributed by atoms with Crippen LogP contribution in [-0.4, -0.2) is 48.2 Å². The van der Waals surface area contributed by atoms with E-state index in [-0.39, 0.29) is 6.42 Å². The fourth-order valence-corrected chi connectivity index (χ4v) is 2.36. The zero-order chi connectivity index (χ0) is 15.8.